The van der Waals surface area contributed by atoms with Crippen molar-refractivity contribution in [3.63, 3.8) is 0 Å². The minimum Gasteiger partial charge on any atom is -1.00 e. The van der Waals surface area contributed by atoms with Crippen LogP contribution in [0.5, 0.6) is 0 Å². The fraction of sp³-hybridized carbons (Fsp3) is 0.667. The summed E-state index contributed by atoms with van der Waals surface area (Å²) in [5, 5.41) is 16.9. The van der Waals surface area contributed by atoms with E-state index < -0.39 is 17.4 Å². The molecule has 1 aliphatic rings. The van der Waals surface area contributed by atoms with Crippen molar-refractivity contribution in [1.82, 2.24) is 0 Å². The van der Waals surface area contributed by atoms with Gasteiger partial charge in [0.1, 0.15) is 0 Å². The van der Waals surface area contributed by atoms with Gasteiger partial charge in [0, 0.05) is 0 Å². The fourth-order valence-corrected chi connectivity index (χ4v) is 1.05. The van der Waals surface area contributed by atoms with E-state index in [0.717, 1.165) is 0 Å². The Balaban J connectivity index is -0.000000333. The van der Waals surface area contributed by atoms with Crippen LogP contribution in [0.4, 0.5) is 0 Å². The third-order valence-corrected chi connectivity index (χ3v) is 2.03. The smallest absolute Gasteiger partial charge is 1.00 e. The van der Waals surface area contributed by atoms with Crippen molar-refractivity contribution >= 4 is 60.8 Å². The van der Waals surface area contributed by atoms with E-state index >= 15 is 0 Å². The summed E-state index contributed by atoms with van der Waals surface area (Å²) < 4.78 is 0. The predicted octanol–water partition coefficient (Wildman–Crippen LogP) is 0.170. The van der Waals surface area contributed by atoms with Crippen LogP contribution in [0.15, 0.2) is 0 Å². The van der Waals surface area contributed by atoms with Crippen molar-refractivity contribution in [1.29, 1.82) is 0 Å². The molecule has 0 aromatic heterocycles. The summed E-state index contributed by atoms with van der Waals surface area (Å²) in [7, 11) is 0. The molecule has 1 saturated carbocycles. The van der Waals surface area contributed by atoms with Gasteiger partial charge in [-0.05, 0) is 19.3 Å². The Hall–Kier alpha value is 0.511. The first-order chi connectivity index (χ1) is 4.59. The Morgan fingerprint density at radius 1 is 1.18 bits per heavy atom. The molecule has 0 atom stereocenters. The van der Waals surface area contributed by atoms with E-state index in [1.807, 2.05) is 0 Å². The number of hydrogen-bond acceptors (Lipinski definition) is 2. The third kappa shape index (κ3) is 1.81. The quantitative estimate of drug-likeness (QED) is 0.560. The summed E-state index contributed by atoms with van der Waals surface area (Å²) >= 11 is 0. The van der Waals surface area contributed by atoms with Crippen LogP contribution < -0.4 is 0 Å². The Bertz CT molecular complexity index is 177. The maximum atomic E-state index is 10.4. The van der Waals surface area contributed by atoms with Crippen molar-refractivity contribution in [2.24, 2.45) is 5.41 Å². The number of aliphatic carboxylic acids is 2. The van der Waals surface area contributed by atoms with E-state index in [-0.39, 0.29) is 64.6 Å². The van der Waals surface area contributed by atoms with Gasteiger partial charge in [-0.2, -0.15) is 0 Å². The maximum Gasteiger partial charge on any atom is 2.00 e. The second-order valence-corrected chi connectivity index (χ2v) is 2.55. The van der Waals surface area contributed by atoms with E-state index in [4.69, 9.17) is 10.2 Å². The Labute approximate surface area is 107 Å². The largest absolute Gasteiger partial charge is 2.00 e. The first kappa shape index (κ1) is 11.5. The summed E-state index contributed by atoms with van der Waals surface area (Å²) in [6.07, 6.45) is 1.26. The molecule has 0 amide bonds. The van der Waals surface area contributed by atoms with Crippen molar-refractivity contribution in [3.05, 3.63) is 0 Å². The third-order valence-electron chi connectivity index (χ3n) is 2.03. The molecule has 2 N–H and O–H groups in total. The molecule has 1 rings (SSSR count). The molecule has 0 unspecified atom stereocenters. The van der Waals surface area contributed by atoms with Crippen LogP contribution in [0.3, 0.4) is 0 Å². The molecule has 0 radical (unpaired) electrons. The standard InChI is InChI=1S/C6H8O4.Ba.2H/c7-4(8)6(5(9)10)2-1-3-6;;;/h1-3H2,(H,7,8)(H,9,10);;;/q;+2;2*-1. The average Bonchev–Trinajstić information content (AvgIpc) is 1.57. The van der Waals surface area contributed by atoms with Crippen LogP contribution >= 0.6 is 0 Å². The number of rotatable bonds is 2. The first-order valence-electron chi connectivity index (χ1n) is 3.06. The molecular weight excluding hydrogens is 273 g/mol. The number of hydrogen-bond donors (Lipinski definition) is 2. The van der Waals surface area contributed by atoms with Crippen molar-refractivity contribution in [2.45, 2.75) is 19.3 Å². The van der Waals surface area contributed by atoms with Gasteiger partial charge in [0.2, 0.25) is 0 Å². The zero-order valence-electron chi connectivity index (χ0n) is 8.04. The second kappa shape index (κ2) is 3.95. The number of carboxylic acids is 2. The monoisotopic (exact) mass is 284 g/mol. The Morgan fingerprint density at radius 3 is 1.55 bits per heavy atom. The van der Waals surface area contributed by atoms with Crippen LogP contribution in [0, 0.1) is 5.41 Å². The Kier molecular flexibility index (Phi) is 4.14. The van der Waals surface area contributed by atoms with Gasteiger partial charge in [0.05, 0.1) is 0 Å². The first-order valence-corrected chi connectivity index (χ1v) is 3.06. The zero-order valence-corrected chi connectivity index (χ0v) is 10.5. The molecule has 0 aromatic rings. The van der Waals surface area contributed by atoms with Gasteiger partial charge in [-0.15, -0.1) is 0 Å². The molecule has 0 heterocycles. The van der Waals surface area contributed by atoms with E-state index in [1.165, 1.54) is 0 Å². The van der Waals surface area contributed by atoms with Crippen LogP contribution in [-0.4, -0.2) is 71.0 Å². The van der Waals surface area contributed by atoms with Crippen LogP contribution in [0.1, 0.15) is 22.1 Å². The van der Waals surface area contributed by atoms with E-state index in [1.54, 1.807) is 0 Å². The SMILES string of the molecule is O=C(O)C1(C(=O)O)CCC1.[Ba+2].[H-].[H-]. The van der Waals surface area contributed by atoms with E-state index in [2.05, 4.69) is 0 Å². The van der Waals surface area contributed by atoms with Gasteiger partial charge in [-0.1, -0.05) is 0 Å². The maximum absolute atomic E-state index is 10.4. The van der Waals surface area contributed by atoms with Gasteiger partial charge in [0.15, 0.2) is 5.41 Å². The van der Waals surface area contributed by atoms with Gasteiger partial charge in [-0.25, -0.2) is 0 Å². The van der Waals surface area contributed by atoms with Crippen molar-refractivity contribution in [2.75, 3.05) is 0 Å². The summed E-state index contributed by atoms with van der Waals surface area (Å²) in [6, 6.07) is 0. The molecule has 4 nitrogen and oxygen atoms in total. The molecular formula is C6H10BaO4. The Morgan fingerprint density at radius 2 is 1.55 bits per heavy atom. The van der Waals surface area contributed by atoms with Crippen LogP contribution in [0.25, 0.3) is 0 Å². The average molecular weight is 283 g/mol. The summed E-state index contributed by atoms with van der Waals surface area (Å²) in [4.78, 5) is 20.7. The minimum absolute atomic E-state index is 0. The summed E-state index contributed by atoms with van der Waals surface area (Å²) in [6.45, 7) is 0. The molecule has 1 aliphatic carbocycles. The van der Waals surface area contributed by atoms with Gasteiger partial charge in [0.25, 0.3) is 0 Å². The topological polar surface area (TPSA) is 74.6 Å². The molecule has 0 saturated heterocycles. The van der Waals surface area contributed by atoms with Crippen LogP contribution in [0.2, 0.25) is 0 Å². The van der Waals surface area contributed by atoms with Crippen LogP contribution in [-0.2, 0) is 9.59 Å². The molecule has 60 valence electrons. The molecule has 0 spiro atoms. The molecule has 0 aliphatic heterocycles. The fourth-order valence-electron chi connectivity index (χ4n) is 1.05. The second-order valence-electron chi connectivity index (χ2n) is 2.55. The predicted molar refractivity (Wildman–Crippen MR) is 39.5 cm³/mol. The van der Waals surface area contributed by atoms with Gasteiger partial charge < -0.3 is 13.1 Å². The van der Waals surface area contributed by atoms with Gasteiger partial charge >= 0.3 is 60.8 Å². The van der Waals surface area contributed by atoms with Crippen molar-refractivity contribution in [3.8, 4) is 0 Å². The van der Waals surface area contributed by atoms with Gasteiger partial charge in [-0.3, -0.25) is 9.59 Å². The minimum atomic E-state index is -1.44. The zero-order chi connectivity index (χ0) is 7.78. The molecule has 1 fully saturated rings. The molecule has 0 bridgehead atoms. The van der Waals surface area contributed by atoms with E-state index in [9.17, 15) is 9.59 Å². The molecule has 5 heteroatoms. The number of carboxylic acid groups (broad SMARTS) is 2. The molecule has 0 aromatic carbocycles. The summed E-state index contributed by atoms with van der Waals surface area (Å²) in [5.74, 6) is -2.41. The van der Waals surface area contributed by atoms with Crippen molar-refractivity contribution < 1.29 is 22.7 Å². The number of carbonyl (C=O) groups is 2. The normalized spacial score (nSPS) is 19.3. The van der Waals surface area contributed by atoms with E-state index in [0.29, 0.717) is 6.42 Å². The molecule has 11 heavy (non-hydrogen) atoms. The summed E-state index contributed by atoms with van der Waals surface area (Å²) in [5.41, 5.74) is -1.44.